The Kier molecular flexibility index (Phi) is 4.28. The van der Waals surface area contributed by atoms with Gasteiger partial charge >= 0.3 is 0 Å². The average Bonchev–Trinajstić information content (AvgIpc) is 3.20. The number of anilines is 1. The van der Waals surface area contributed by atoms with Crippen LogP contribution in [-0.2, 0) is 14.2 Å². The van der Waals surface area contributed by atoms with Crippen molar-refractivity contribution in [2.24, 2.45) is 0 Å². The Hall–Kier alpha value is -1.52. The van der Waals surface area contributed by atoms with Gasteiger partial charge in [0.1, 0.15) is 30.2 Å². The first-order chi connectivity index (χ1) is 12.0. The lowest BCUT2D eigenvalue weighted by Gasteiger charge is -2.24. The Morgan fingerprint density at radius 1 is 1.28 bits per heavy atom. The van der Waals surface area contributed by atoms with Crippen LogP contribution in [0.3, 0.4) is 0 Å². The van der Waals surface area contributed by atoms with E-state index in [0.29, 0.717) is 36.0 Å². The predicted molar refractivity (Wildman–Crippen MR) is 91.1 cm³/mol. The zero-order chi connectivity index (χ0) is 17.6. The SMILES string of the molecule is CC1(C)O[C@@H]2[C@H](O1)[C@@H](CNCCCl)O[C@H]2n1cnc2c(N)ncnc21. The van der Waals surface area contributed by atoms with Crippen molar-refractivity contribution < 1.29 is 14.2 Å². The summed E-state index contributed by atoms with van der Waals surface area (Å²) in [6, 6.07) is 0. The number of aromatic nitrogens is 4. The maximum atomic E-state index is 6.23. The first kappa shape index (κ1) is 16.9. The molecule has 25 heavy (non-hydrogen) atoms. The molecule has 10 heteroatoms. The van der Waals surface area contributed by atoms with Crippen LogP contribution < -0.4 is 11.1 Å². The average molecular weight is 369 g/mol. The second kappa shape index (κ2) is 6.33. The lowest BCUT2D eigenvalue weighted by Crippen LogP contribution is -2.38. The van der Waals surface area contributed by atoms with Gasteiger partial charge in [-0.05, 0) is 13.8 Å². The maximum Gasteiger partial charge on any atom is 0.167 e. The standard InChI is InChI=1S/C15H21ClN6O3/c1-15(2)24-10-8(5-18-4-3-16)23-14(11(10)25-15)22-7-21-9-12(17)19-6-20-13(9)22/h6-8,10-11,14,18H,3-5H2,1-2H3,(H2,17,19,20)/t8-,10-,11-,14-/m1/s1. The van der Waals surface area contributed by atoms with E-state index in [-0.39, 0.29) is 18.3 Å². The molecular formula is C15H21ClN6O3. The summed E-state index contributed by atoms with van der Waals surface area (Å²) in [6.07, 6.45) is 2.02. The first-order valence-electron chi connectivity index (χ1n) is 8.21. The van der Waals surface area contributed by atoms with Crippen LogP contribution in [0.4, 0.5) is 5.82 Å². The van der Waals surface area contributed by atoms with Crippen LogP contribution in [0.2, 0.25) is 0 Å². The van der Waals surface area contributed by atoms with Crippen LogP contribution in [-0.4, -0.2) is 62.6 Å². The second-order valence-electron chi connectivity index (χ2n) is 6.61. The van der Waals surface area contributed by atoms with Gasteiger partial charge in [0, 0.05) is 19.0 Å². The highest BCUT2D eigenvalue weighted by Gasteiger charge is 2.55. The molecule has 0 saturated carbocycles. The van der Waals surface area contributed by atoms with Gasteiger partial charge in [0.25, 0.3) is 0 Å². The molecule has 2 saturated heterocycles. The molecule has 3 N–H and O–H groups in total. The zero-order valence-corrected chi connectivity index (χ0v) is 14.8. The number of rotatable bonds is 5. The summed E-state index contributed by atoms with van der Waals surface area (Å²) >= 11 is 5.74. The highest BCUT2D eigenvalue weighted by Crippen LogP contribution is 2.43. The van der Waals surface area contributed by atoms with Crippen molar-refractivity contribution in [3.8, 4) is 0 Å². The van der Waals surface area contributed by atoms with Crippen molar-refractivity contribution in [1.82, 2.24) is 24.8 Å². The summed E-state index contributed by atoms with van der Waals surface area (Å²) < 4.78 is 20.2. The zero-order valence-electron chi connectivity index (χ0n) is 14.1. The van der Waals surface area contributed by atoms with E-state index in [2.05, 4.69) is 20.3 Å². The summed E-state index contributed by atoms with van der Waals surface area (Å²) in [4.78, 5) is 12.6. The summed E-state index contributed by atoms with van der Waals surface area (Å²) in [5.74, 6) is 0.199. The molecule has 0 unspecified atom stereocenters. The minimum absolute atomic E-state index is 0.170. The van der Waals surface area contributed by atoms with Gasteiger partial charge in [0.2, 0.25) is 0 Å². The molecule has 136 valence electrons. The number of halogens is 1. The molecule has 0 bridgehead atoms. The molecule has 2 aliphatic heterocycles. The van der Waals surface area contributed by atoms with E-state index in [1.807, 2.05) is 18.4 Å². The normalized spacial score (nSPS) is 30.8. The van der Waals surface area contributed by atoms with Crippen LogP contribution in [0, 0.1) is 0 Å². The molecule has 4 rings (SSSR count). The molecule has 2 aliphatic rings. The van der Waals surface area contributed by atoms with E-state index < -0.39 is 12.0 Å². The summed E-state index contributed by atoms with van der Waals surface area (Å²) in [5, 5.41) is 3.27. The van der Waals surface area contributed by atoms with Gasteiger partial charge in [-0.25, -0.2) is 15.0 Å². The summed E-state index contributed by atoms with van der Waals surface area (Å²) in [7, 11) is 0. The number of nitrogens with zero attached hydrogens (tertiary/aromatic N) is 4. The summed E-state index contributed by atoms with van der Waals surface area (Å²) in [5.41, 5.74) is 7.04. The topological polar surface area (TPSA) is 109 Å². The third kappa shape index (κ3) is 2.96. The van der Waals surface area contributed by atoms with Gasteiger partial charge in [-0.1, -0.05) is 0 Å². The molecule has 2 aromatic rings. The van der Waals surface area contributed by atoms with Gasteiger partial charge in [0.15, 0.2) is 23.5 Å². The van der Waals surface area contributed by atoms with Crippen molar-refractivity contribution >= 4 is 28.6 Å². The summed E-state index contributed by atoms with van der Waals surface area (Å²) in [6.45, 7) is 5.12. The van der Waals surface area contributed by atoms with E-state index in [0.717, 1.165) is 0 Å². The van der Waals surface area contributed by atoms with E-state index >= 15 is 0 Å². The minimum atomic E-state index is -0.674. The number of nitrogens with two attached hydrogens (primary N) is 1. The Morgan fingerprint density at radius 3 is 2.88 bits per heavy atom. The fraction of sp³-hybridized carbons (Fsp3) is 0.667. The molecule has 0 spiro atoms. The third-order valence-corrected chi connectivity index (χ3v) is 4.59. The van der Waals surface area contributed by atoms with Gasteiger partial charge in [-0.15, -0.1) is 11.6 Å². The number of ether oxygens (including phenoxy) is 3. The molecular weight excluding hydrogens is 348 g/mol. The number of fused-ring (bicyclic) bond motifs is 2. The predicted octanol–water partition coefficient (Wildman–Crippen LogP) is 0.654. The van der Waals surface area contributed by atoms with Gasteiger partial charge in [-0.2, -0.15) is 0 Å². The van der Waals surface area contributed by atoms with Gasteiger partial charge in [0.05, 0.1) is 6.33 Å². The van der Waals surface area contributed by atoms with Crippen LogP contribution in [0.25, 0.3) is 11.2 Å². The molecule has 9 nitrogen and oxygen atoms in total. The maximum absolute atomic E-state index is 6.23. The van der Waals surface area contributed by atoms with Crippen molar-refractivity contribution in [1.29, 1.82) is 0 Å². The lowest BCUT2D eigenvalue weighted by atomic mass is 10.1. The Bertz CT molecular complexity index is 769. The van der Waals surface area contributed by atoms with Crippen LogP contribution >= 0.6 is 11.6 Å². The van der Waals surface area contributed by atoms with Crippen LogP contribution in [0.15, 0.2) is 12.7 Å². The molecule has 0 aromatic carbocycles. The van der Waals surface area contributed by atoms with Crippen molar-refractivity contribution in [3.05, 3.63) is 12.7 Å². The first-order valence-corrected chi connectivity index (χ1v) is 8.74. The number of alkyl halides is 1. The number of nitrogen functional groups attached to an aromatic ring is 1. The van der Waals surface area contributed by atoms with Crippen LogP contribution in [0.5, 0.6) is 0 Å². The second-order valence-corrected chi connectivity index (χ2v) is 6.98. The fourth-order valence-corrected chi connectivity index (χ4v) is 3.55. The lowest BCUT2D eigenvalue weighted by molar-refractivity contribution is -0.195. The molecule has 4 heterocycles. The van der Waals surface area contributed by atoms with Crippen LogP contribution in [0.1, 0.15) is 20.1 Å². The fourth-order valence-electron chi connectivity index (χ4n) is 3.41. The molecule has 2 aromatic heterocycles. The van der Waals surface area contributed by atoms with Gasteiger partial charge < -0.3 is 25.3 Å². The smallest absolute Gasteiger partial charge is 0.167 e. The van der Waals surface area contributed by atoms with E-state index in [4.69, 9.17) is 31.5 Å². The van der Waals surface area contributed by atoms with Crippen molar-refractivity contribution in [3.63, 3.8) is 0 Å². The Labute approximate surface area is 149 Å². The van der Waals surface area contributed by atoms with Gasteiger partial charge in [-0.3, -0.25) is 4.57 Å². The monoisotopic (exact) mass is 368 g/mol. The molecule has 4 atom stereocenters. The third-order valence-electron chi connectivity index (χ3n) is 4.40. The Morgan fingerprint density at radius 2 is 2.08 bits per heavy atom. The van der Waals surface area contributed by atoms with E-state index in [1.54, 1.807) is 6.33 Å². The Balaban J connectivity index is 1.65. The number of imidazole rings is 1. The number of hydrogen-bond acceptors (Lipinski definition) is 8. The number of hydrogen-bond donors (Lipinski definition) is 2. The van der Waals surface area contributed by atoms with Crippen molar-refractivity contribution in [2.45, 2.75) is 44.2 Å². The minimum Gasteiger partial charge on any atom is -0.382 e. The highest BCUT2D eigenvalue weighted by atomic mass is 35.5. The molecule has 0 amide bonds. The van der Waals surface area contributed by atoms with Crippen molar-refractivity contribution in [2.75, 3.05) is 24.7 Å². The number of nitrogens with one attached hydrogen (secondary N) is 1. The highest BCUT2D eigenvalue weighted by molar-refractivity contribution is 6.18. The van der Waals surface area contributed by atoms with E-state index in [9.17, 15) is 0 Å². The largest absolute Gasteiger partial charge is 0.382 e. The molecule has 0 aliphatic carbocycles. The quantitative estimate of drug-likeness (QED) is 0.585. The molecule has 2 fully saturated rings. The van der Waals surface area contributed by atoms with E-state index in [1.165, 1.54) is 6.33 Å². The molecule has 0 radical (unpaired) electrons.